The van der Waals surface area contributed by atoms with E-state index < -0.39 is 42.7 Å². The van der Waals surface area contributed by atoms with Crippen LogP contribution in [0.1, 0.15) is 11.1 Å². The Morgan fingerprint density at radius 3 is 2.35 bits per heavy atom. The monoisotopic (exact) mass is 518 g/mol. The zero-order valence-corrected chi connectivity index (χ0v) is 18.6. The first-order valence-electron chi connectivity index (χ1n) is 8.67. The van der Waals surface area contributed by atoms with E-state index in [-0.39, 0.29) is 18.4 Å². The Balaban J connectivity index is 2.19. The van der Waals surface area contributed by atoms with Crippen LogP contribution in [0.4, 0.5) is 23.4 Å². The number of pyridine rings is 1. The van der Waals surface area contributed by atoms with Crippen molar-refractivity contribution >= 4 is 31.8 Å². The molecule has 0 atom stereocenters. The summed E-state index contributed by atoms with van der Waals surface area (Å²) in [5.41, 5.74) is 1.10. The molecule has 0 radical (unpaired) electrons. The minimum Gasteiger partial charge on any atom is -0.497 e. The van der Waals surface area contributed by atoms with Crippen LogP contribution in [-0.2, 0) is 16.6 Å². The normalized spacial score (nSPS) is 11.5. The number of aryl methyl sites for hydroxylation is 1. The van der Waals surface area contributed by atoms with Crippen LogP contribution in [0.25, 0.3) is 0 Å². The van der Waals surface area contributed by atoms with E-state index in [0.29, 0.717) is 21.2 Å². The van der Waals surface area contributed by atoms with Gasteiger partial charge in [0.15, 0.2) is 10.7 Å². The van der Waals surface area contributed by atoms with Crippen LogP contribution in [0.15, 0.2) is 52.0 Å². The van der Waals surface area contributed by atoms with Gasteiger partial charge in [0.25, 0.3) is 10.0 Å². The average molecular weight is 519 g/mol. The van der Waals surface area contributed by atoms with Crippen LogP contribution < -0.4 is 9.04 Å². The predicted octanol–water partition coefficient (Wildman–Crippen LogP) is 5.11. The van der Waals surface area contributed by atoms with Gasteiger partial charge in [0.1, 0.15) is 29.0 Å². The minimum atomic E-state index is -4.93. The van der Waals surface area contributed by atoms with Crippen molar-refractivity contribution in [3.63, 3.8) is 0 Å². The van der Waals surface area contributed by atoms with Gasteiger partial charge in [-0.25, -0.2) is 35.3 Å². The summed E-state index contributed by atoms with van der Waals surface area (Å²) in [6, 6.07) is 7.08. The first-order chi connectivity index (χ1) is 14.6. The highest BCUT2D eigenvalue weighted by molar-refractivity contribution is 9.10. The summed E-state index contributed by atoms with van der Waals surface area (Å²) < 4.78 is 87.6. The summed E-state index contributed by atoms with van der Waals surface area (Å²) in [5.74, 6) is -5.03. The molecule has 2 aromatic carbocycles. The molecule has 0 fully saturated rings. The highest BCUT2D eigenvalue weighted by Gasteiger charge is 2.34. The molecule has 1 heterocycles. The maximum absolute atomic E-state index is 14.6. The summed E-state index contributed by atoms with van der Waals surface area (Å²) in [5, 5.41) is 0. The summed E-state index contributed by atoms with van der Waals surface area (Å²) in [7, 11) is -3.46. The van der Waals surface area contributed by atoms with E-state index in [4.69, 9.17) is 4.74 Å². The van der Waals surface area contributed by atoms with Crippen molar-refractivity contribution in [3.8, 4) is 5.75 Å². The largest absolute Gasteiger partial charge is 0.497 e. The molecule has 0 saturated carbocycles. The van der Waals surface area contributed by atoms with Gasteiger partial charge in [0.2, 0.25) is 0 Å². The molecular weight excluding hydrogens is 504 g/mol. The van der Waals surface area contributed by atoms with Crippen molar-refractivity contribution in [3.05, 3.63) is 81.5 Å². The van der Waals surface area contributed by atoms with E-state index in [1.807, 2.05) is 0 Å². The molecule has 0 bridgehead atoms. The van der Waals surface area contributed by atoms with Crippen LogP contribution in [0.3, 0.4) is 0 Å². The molecule has 0 spiro atoms. The summed E-state index contributed by atoms with van der Waals surface area (Å²) in [6.07, 6.45) is 0.770. The van der Waals surface area contributed by atoms with Crippen LogP contribution in [0.2, 0.25) is 0 Å². The first kappa shape index (κ1) is 23.0. The van der Waals surface area contributed by atoms with Gasteiger partial charge in [-0.1, -0.05) is 6.07 Å². The van der Waals surface area contributed by atoms with E-state index >= 15 is 0 Å². The lowest BCUT2D eigenvalue weighted by Gasteiger charge is -2.25. The fourth-order valence-electron chi connectivity index (χ4n) is 2.83. The number of benzene rings is 2. The Morgan fingerprint density at radius 2 is 1.77 bits per heavy atom. The lowest BCUT2D eigenvalue weighted by Crippen LogP contribution is -2.33. The van der Waals surface area contributed by atoms with E-state index in [1.165, 1.54) is 7.11 Å². The average Bonchev–Trinajstić information content (AvgIpc) is 2.71. The van der Waals surface area contributed by atoms with Gasteiger partial charge in [-0.15, -0.1) is 0 Å². The molecule has 5 nitrogen and oxygen atoms in total. The zero-order chi connectivity index (χ0) is 22.9. The fraction of sp³-hybridized carbons (Fsp3) is 0.150. The number of methoxy groups -OCH3 is 1. The number of anilines is 1. The lowest BCUT2D eigenvalue weighted by atomic mass is 10.1. The number of halogens is 5. The molecule has 0 aliphatic rings. The Kier molecular flexibility index (Phi) is 6.56. The van der Waals surface area contributed by atoms with Crippen LogP contribution in [0.5, 0.6) is 5.75 Å². The highest BCUT2D eigenvalue weighted by Crippen LogP contribution is 2.33. The summed E-state index contributed by atoms with van der Waals surface area (Å²) in [6.45, 7) is 1.31. The smallest absolute Gasteiger partial charge is 0.271 e. The maximum atomic E-state index is 14.6. The lowest BCUT2D eigenvalue weighted by molar-refractivity contribution is 0.414. The van der Waals surface area contributed by atoms with E-state index in [1.54, 1.807) is 25.1 Å². The van der Waals surface area contributed by atoms with Crippen molar-refractivity contribution in [2.75, 3.05) is 11.4 Å². The van der Waals surface area contributed by atoms with Crippen molar-refractivity contribution in [2.45, 2.75) is 18.4 Å². The van der Waals surface area contributed by atoms with Crippen molar-refractivity contribution in [1.29, 1.82) is 0 Å². The van der Waals surface area contributed by atoms with E-state index in [9.17, 15) is 26.0 Å². The van der Waals surface area contributed by atoms with E-state index in [2.05, 4.69) is 20.9 Å². The highest BCUT2D eigenvalue weighted by atomic mass is 79.9. The van der Waals surface area contributed by atoms with Gasteiger partial charge >= 0.3 is 0 Å². The van der Waals surface area contributed by atoms with Crippen LogP contribution in [0, 0.1) is 30.2 Å². The number of hydrogen-bond acceptors (Lipinski definition) is 4. The minimum absolute atomic E-state index is 0.259. The molecule has 0 aliphatic carbocycles. The summed E-state index contributed by atoms with van der Waals surface area (Å²) >= 11 is 2.59. The number of rotatable bonds is 6. The molecule has 3 aromatic rings. The second kappa shape index (κ2) is 8.83. The van der Waals surface area contributed by atoms with Gasteiger partial charge in [-0.05, 0) is 58.2 Å². The molecule has 0 saturated heterocycles. The van der Waals surface area contributed by atoms with Gasteiger partial charge < -0.3 is 4.74 Å². The Hall–Kier alpha value is -2.66. The number of aromatic nitrogens is 1. The SMILES string of the molecule is COc1ccc(CN(c2ccc(F)cn2)S(=O)(=O)c2c(F)cc(F)c(Br)c2F)c(C)c1. The zero-order valence-electron chi connectivity index (χ0n) is 16.2. The maximum Gasteiger partial charge on any atom is 0.271 e. The van der Waals surface area contributed by atoms with Gasteiger partial charge in [0, 0.05) is 6.07 Å². The Morgan fingerprint density at radius 1 is 1.06 bits per heavy atom. The third-order valence-electron chi connectivity index (χ3n) is 4.45. The number of ether oxygens (including phenoxy) is 1. The molecule has 0 N–H and O–H groups in total. The molecule has 31 heavy (non-hydrogen) atoms. The molecule has 164 valence electrons. The first-order valence-corrected chi connectivity index (χ1v) is 10.9. The Bertz CT molecular complexity index is 1240. The number of nitrogens with zero attached hydrogens (tertiary/aromatic N) is 2. The summed E-state index contributed by atoms with van der Waals surface area (Å²) in [4.78, 5) is 2.38. The molecule has 0 unspecified atom stereocenters. The van der Waals surface area contributed by atoms with Crippen molar-refractivity contribution in [2.24, 2.45) is 0 Å². The van der Waals surface area contributed by atoms with E-state index in [0.717, 1.165) is 18.3 Å². The second-order valence-electron chi connectivity index (χ2n) is 6.44. The third-order valence-corrected chi connectivity index (χ3v) is 6.96. The van der Waals surface area contributed by atoms with Gasteiger partial charge in [-0.3, -0.25) is 0 Å². The topological polar surface area (TPSA) is 59.5 Å². The molecule has 11 heteroatoms. The standard InChI is InChI=1S/C20H15BrF4N2O3S/c1-11-7-14(30-2)5-3-12(11)10-27(17-6-4-13(22)9-26-17)31(28,29)20-16(24)8-15(23)18(21)19(20)25/h3-9H,10H2,1-2H3. The van der Waals surface area contributed by atoms with Gasteiger partial charge in [0.05, 0.1) is 24.3 Å². The molecule has 1 aromatic heterocycles. The van der Waals surface area contributed by atoms with Crippen molar-refractivity contribution in [1.82, 2.24) is 4.98 Å². The van der Waals surface area contributed by atoms with Gasteiger partial charge in [-0.2, -0.15) is 0 Å². The van der Waals surface area contributed by atoms with Crippen molar-refractivity contribution < 1.29 is 30.7 Å². The molecule has 3 rings (SSSR count). The quantitative estimate of drug-likeness (QED) is 0.258. The number of hydrogen-bond donors (Lipinski definition) is 0. The molecule has 0 amide bonds. The van der Waals surface area contributed by atoms with Crippen LogP contribution in [-0.4, -0.2) is 20.5 Å². The number of sulfonamides is 1. The molecule has 0 aliphatic heterocycles. The molecular formula is C20H15BrF4N2O3S. The Labute approximate surface area is 184 Å². The third kappa shape index (κ3) is 4.52. The second-order valence-corrected chi connectivity index (χ2v) is 9.03. The predicted molar refractivity (Wildman–Crippen MR) is 109 cm³/mol. The van der Waals surface area contributed by atoms with Crippen LogP contribution >= 0.6 is 15.9 Å². The fourth-order valence-corrected chi connectivity index (χ4v) is 4.79.